The van der Waals surface area contributed by atoms with Crippen LogP contribution in [0.1, 0.15) is 12.0 Å². The number of aromatic nitrogens is 6. The molecule has 0 spiro atoms. The fourth-order valence-electron chi connectivity index (χ4n) is 5.02. The van der Waals surface area contributed by atoms with E-state index in [9.17, 15) is 8.78 Å². The van der Waals surface area contributed by atoms with Crippen LogP contribution in [0, 0.1) is 0 Å². The van der Waals surface area contributed by atoms with Crippen LogP contribution in [0.2, 0.25) is 0 Å². The quantitative estimate of drug-likeness (QED) is 0.319. The van der Waals surface area contributed by atoms with Crippen molar-refractivity contribution < 1.29 is 13.2 Å². The molecular formula is C27H21F2N7O. The van der Waals surface area contributed by atoms with Crippen molar-refractivity contribution >= 4 is 21.8 Å². The highest BCUT2D eigenvalue weighted by Crippen LogP contribution is 2.34. The Morgan fingerprint density at radius 2 is 1.89 bits per heavy atom. The van der Waals surface area contributed by atoms with Crippen LogP contribution in [0.25, 0.3) is 55.6 Å². The van der Waals surface area contributed by atoms with E-state index in [2.05, 4.69) is 36.2 Å². The van der Waals surface area contributed by atoms with E-state index in [4.69, 9.17) is 4.42 Å². The molecule has 0 radical (unpaired) electrons. The Morgan fingerprint density at radius 1 is 0.973 bits per heavy atom. The van der Waals surface area contributed by atoms with Gasteiger partial charge in [0.1, 0.15) is 5.69 Å². The molecule has 0 aromatic carbocycles. The Bertz CT molecular complexity index is 1740. The predicted octanol–water partition coefficient (Wildman–Crippen LogP) is 5.66. The fourth-order valence-corrected chi connectivity index (χ4v) is 5.02. The summed E-state index contributed by atoms with van der Waals surface area (Å²) in [7, 11) is 0. The van der Waals surface area contributed by atoms with Gasteiger partial charge in [0.25, 0.3) is 5.92 Å². The first-order valence-electron chi connectivity index (χ1n) is 11.9. The van der Waals surface area contributed by atoms with Crippen molar-refractivity contribution in [2.45, 2.75) is 18.9 Å². The Morgan fingerprint density at radius 3 is 2.73 bits per heavy atom. The number of alkyl halides is 2. The SMILES string of the molecule is FC1(F)CCN(Cc2cncc(-c3cc4c(-c5cc6c(-c7ccoc7)cncc6[nH]5)n[nH]c4cn3)c2)C1. The molecule has 1 saturated heterocycles. The molecule has 184 valence electrons. The van der Waals surface area contributed by atoms with Crippen LogP contribution < -0.4 is 0 Å². The molecule has 0 aliphatic carbocycles. The maximum absolute atomic E-state index is 13.6. The number of furan rings is 1. The predicted molar refractivity (Wildman–Crippen MR) is 135 cm³/mol. The highest BCUT2D eigenvalue weighted by Gasteiger charge is 2.37. The molecule has 10 heteroatoms. The highest BCUT2D eigenvalue weighted by molar-refractivity contribution is 6.00. The number of halogens is 2. The van der Waals surface area contributed by atoms with Crippen molar-refractivity contribution in [1.29, 1.82) is 0 Å². The van der Waals surface area contributed by atoms with Crippen molar-refractivity contribution in [2.75, 3.05) is 13.1 Å². The lowest BCUT2D eigenvalue weighted by atomic mass is 10.1. The average molecular weight is 498 g/mol. The van der Waals surface area contributed by atoms with Gasteiger partial charge in [-0.15, -0.1) is 0 Å². The van der Waals surface area contributed by atoms with Crippen molar-refractivity contribution in [3.63, 3.8) is 0 Å². The number of fused-ring (bicyclic) bond motifs is 2. The molecule has 0 bridgehead atoms. The van der Waals surface area contributed by atoms with Gasteiger partial charge in [-0.3, -0.25) is 25.0 Å². The number of nitrogens with one attached hydrogen (secondary N) is 2. The van der Waals surface area contributed by atoms with E-state index >= 15 is 0 Å². The van der Waals surface area contributed by atoms with E-state index < -0.39 is 5.92 Å². The lowest BCUT2D eigenvalue weighted by Gasteiger charge is -2.15. The lowest BCUT2D eigenvalue weighted by molar-refractivity contribution is 0.0115. The summed E-state index contributed by atoms with van der Waals surface area (Å²) in [5.74, 6) is -2.62. The Hall–Kier alpha value is -4.44. The van der Waals surface area contributed by atoms with Gasteiger partial charge in [0.15, 0.2) is 0 Å². The monoisotopic (exact) mass is 497 g/mol. The van der Waals surface area contributed by atoms with E-state index in [1.54, 1.807) is 42.2 Å². The Labute approximate surface area is 209 Å². The van der Waals surface area contributed by atoms with Gasteiger partial charge in [-0.25, -0.2) is 8.78 Å². The van der Waals surface area contributed by atoms with E-state index in [0.717, 1.165) is 61.1 Å². The first-order chi connectivity index (χ1) is 18.0. The number of pyridine rings is 3. The van der Waals surface area contributed by atoms with Crippen LogP contribution >= 0.6 is 0 Å². The van der Waals surface area contributed by atoms with Crippen molar-refractivity contribution in [2.24, 2.45) is 0 Å². The zero-order valence-corrected chi connectivity index (χ0v) is 19.6. The summed E-state index contributed by atoms with van der Waals surface area (Å²) < 4.78 is 32.5. The summed E-state index contributed by atoms with van der Waals surface area (Å²) in [6.45, 7) is 0.585. The van der Waals surface area contributed by atoms with Gasteiger partial charge in [0.05, 0.1) is 53.9 Å². The molecule has 0 saturated carbocycles. The Kier molecular flexibility index (Phi) is 4.90. The van der Waals surface area contributed by atoms with Gasteiger partial charge in [0, 0.05) is 65.6 Å². The third-order valence-corrected chi connectivity index (χ3v) is 6.83. The first-order valence-corrected chi connectivity index (χ1v) is 11.9. The van der Waals surface area contributed by atoms with Crippen LogP contribution in [-0.2, 0) is 6.54 Å². The fraction of sp³-hybridized carbons (Fsp3) is 0.185. The highest BCUT2D eigenvalue weighted by atomic mass is 19.3. The molecule has 37 heavy (non-hydrogen) atoms. The number of nitrogens with zero attached hydrogens (tertiary/aromatic N) is 5. The van der Waals surface area contributed by atoms with Crippen molar-refractivity contribution in [3.05, 3.63) is 73.3 Å². The molecule has 1 aliphatic heterocycles. The minimum atomic E-state index is -2.62. The number of hydrogen-bond acceptors (Lipinski definition) is 6. The van der Waals surface area contributed by atoms with Crippen LogP contribution in [0.15, 0.2) is 72.2 Å². The zero-order valence-electron chi connectivity index (χ0n) is 19.6. The standard InChI is InChI=1S/C27H21F2N7O/c28-27(29)2-3-36(15-27)13-16-5-18(9-30-8-16)22-7-20-25(12-32-22)34-35-26(20)23-6-19-21(17-1-4-37-14-17)10-31-11-24(19)33-23/h1,4-12,14,33H,2-3,13,15H2,(H,34,35). The van der Waals surface area contributed by atoms with E-state index in [0.29, 0.717) is 13.1 Å². The summed E-state index contributed by atoms with van der Waals surface area (Å²) in [6, 6.07) is 7.90. The maximum Gasteiger partial charge on any atom is 0.261 e. The summed E-state index contributed by atoms with van der Waals surface area (Å²) in [5, 5.41) is 9.54. The Balaban J connectivity index is 1.24. The van der Waals surface area contributed by atoms with E-state index in [1.165, 1.54) is 0 Å². The molecule has 6 aromatic rings. The number of likely N-dealkylation sites (tertiary alicyclic amines) is 1. The van der Waals surface area contributed by atoms with Gasteiger partial charge in [-0.05, 0) is 29.8 Å². The molecule has 1 aliphatic rings. The van der Waals surface area contributed by atoms with Crippen molar-refractivity contribution in [1.82, 2.24) is 35.0 Å². The number of hydrogen-bond donors (Lipinski definition) is 2. The second-order valence-electron chi connectivity index (χ2n) is 9.43. The zero-order chi connectivity index (χ0) is 25.0. The van der Waals surface area contributed by atoms with E-state index in [-0.39, 0.29) is 13.0 Å². The summed E-state index contributed by atoms with van der Waals surface area (Å²) in [5.41, 5.74) is 7.64. The summed E-state index contributed by atoms with van der Waals surface area (Å²) >= 11 is 0. The van der Waals surface area contributed by atoms with Crippen LogP contribution in [-0.4, -0.2) is 54.0 Å². The number of H-pyrrole nitrogens is 2. The lowest BCUT2D eigenvalue weighted by Crippen LogP contribution is -2.24. The third kappa shape index (κ3) is 3.95. The largest absolute Gasteiger partial charge is 0.472 e. The van der Waals surface area contributed by atoms with Gasteiger partial charge in [-0.2, -0.15) is 5.10 Å². The molecule has 8 nitrogen and oxygen atoms in total. The second kappa shape index (κ2) is 8.31. The minimum absolute atomic E-state index is 0.102. The summed E-state index contributed by atoms with van der Waals surface area (Å²) in [6.07, 6.45) is 12.0. The van der Waals surface area contributed by atoms with Crippen molar-refractivity contribution in [3.8, 4) is 33.8 Å². The molecule has 7 rings (SSSR count). The molecule has 7 heterocycles. The smallest absolute Gasteiger partial charge is 0.261 e. The van der Waals surface area contributed by atoms with Crippen LogP contribution in [0.4, 0.5) is 8.78 Å². The molecule has 0 atom stereocenters. The molecule has 0 unspecified atom stereocenters. The van der Waals surface area contributed by atoms with Gasteiger partial charge >= 0.3 is 0 Å². The van der Waals surface area contributed by atoms with E-state index in [1.807, 2.05) is 24.4 Å². The molecule has 0 amide bonds. The van der Waals surface area contributed by atoms with Crippen LogP contribution in [0.3, 0.4) is 0 Å². The third-order valence-electron chi connectivity index (χ3n) is 6.83. The molecule has 6 aromatic heterocycles. The molecule has 2 N–H and O–H groups in total. The molecular weight excluding hydrogens is 476 g/mol. The normalized spacial score (nSPS) is 15.7. The maximum atomic E-state index is 13.6. The minimum Gasteiger partial charge on any atom is -0.472 e. The number of rotatable bonds is 5. The van der Waals surface area contributed by atoms with Gasteiger partial charge in [0.2, 0.25) is 0 Å². The average Bonchev–Trinajstić information content (AvgIpc) is 3.69. The van der Waals surface area contributed by atoms with Gasteiger partial charge < -0.3 is 9.40 Å². The molecule has 1 fully saturated rings. The summed E-state index contributed by atoms with van der Waals surface area (Å²) in [4.78, 5) is 18.5. The second-order valence-corrected chi connectivity index (χ2v) is 9.43. The van der Waals surface area contributed by atoms with Gasteiger partial charge in [-0.1, -0.05) is 0 Å². The topological polar surface area (TPSA) is 99.5 Å². The van der Waals surface area contributed by atoms with Crippen LogP contribution in [0.5, 0.6) is 0 Å². The number of aromatic amines is 2. The first kappa shape index (κ1) is 21.8.